The van der Waals surface area contributed by atoms with Gasteiger partial charge in [-0.05, 0) is 32.6 Å². The summed E-state index contributed by atoms with van der Waals surface area (Å²) in [6.07, 6.45) is 2.98. The monoisotopic (exact) mass is 253 g/mol. The molecule has 4 nitrogen and oxygen atoms in total. The van der Waals surface area contributed by atoms with Crippen LogP contribution in [-0.2, 0) is 4.79 Å². The van der Waals surface area contributed by atoms with Gasteiger partial charge in [0, 0.05) is 18.8 Å². The second-order valence-corrected chi connectivity index (χ2v) is 5.45. The molecule has 2 rings (SSSR count). The number of carbonyl (C=O) groups is 1. The predicted octanol–water partition coefficient (Wildman–Crippen LogP) is 1.64. The van der Waals surface area contributed by atoms with E-state index in [2.05, 4.69) is 22.8 Å². The number of likely N-dealkylation sites (tertiary alicyclic amines) is 1. The second kappa shape index (κ2) is 5.12. The van der Waals surface area contributed by atoms with Crippen molar-refractivity contribution < 1.29 is 4.79 Å². The molecule has 0 aromatic carbocycles. The summed E-state index contributed by atoms with van der Waals surface area (Å²) < 4.78 is 2.07. The maximum absolute atomic E-state index is 11.8. The normalized spacial score (nSPS) is 19.9. The van der Waals surface area contributed by atoms with Gasteiger partial charge < -0.3 is 4.90 Å². The molecule has 0 radical (unpaired) electrons. The molecule has 1 fully saturated rings. The lowest BCUT2D eigenvalue weighted by Gasteiger charge is -2.16. The fourth-order valence-corrected chi connectivity index (χ4v) is 2.83. The summed E-state index contributed by atoms with van der Waals surface area (Å²) in [5, 5.41) is 4.51. The van der Waals surface area contributed by atoms with Gasteiger partial charge in [-0.2, -0.15) is 16.9 Å². The number of hydrogen-bond acceptors (Lipinski definition) is 3. The van der Waals surface area contributed by atoms with Crippen LogP contribution in [0, 0.1) is 13.8 Å². The van der Waals surface area contributed by atoms with E-state index in [0.717, 1.165) is 25.2 Å². The van der Waals surface area contributed by atoms with Crippen LogP contribution in [0.4, 0.5) is 0 Å². The number of amides is 1. The Morgan fingerprint density at radius 1 is 1.59 bits per heavy atom. The number of aryl methyl sites for hydroxylation is 2. The average molecular weight is 253 g/mol. The SMILES string of the molecule is CSCC(=O)N1CCC(n2nc(C)cc2C)C1. The maximum Gasteiger partial charge on any atom is 0.232 e. The number of carbonyl (C=O) groups excluding carboxylic acids is 1. The first-order valence-electron chi connectivity index (χ1n) is 5.91. The Bertz CT molecular complexity index is 416. The lowest BCUT2D eigenvalue weighted by atomic mass is 10.2. The van der Waals surface area contributed by atoms with E-state index in [9.17, 15) is 4.79 Å². The van der Waals surface area contributed by atoms with Crippen molar-refractivity contribution in [1.82, 2.24) is 14.7 Å². The summed E-state index contributed by atoms with van der Waals surface area (Å²) in [7, 11) is 0. The summed E-state index contributed by atoms with van der Waals surface area (Å²) in [6.45, 7) is 5.76. The minimum atomic E-state index is 0.251. The van der Waals surface area contributed by atoms with Crippen LogP contribution in [0.15, 0.2) is 6.07 Å². The fourth-order valence-electron chi connectivity index (χ4n) is 2.40. The topological polar surface area (TPSA) is 38.1 Å². The van der Waals surface area contributed by atoms with Crippen molar-refractivity contribution in [3.8, 4) is 0 Å². The molecule has 1 unspecified atom stereocenters. The van der Waals surface area contributed by atoms with Crippen LogP contribution in [0.25, 0.3) is 0 Å². The largest absolute Gasteiger partial charge is 0.340 e. The Balaban J connectivity index is 2.03. The van der Waals surface area contributed by atoms with E-state index in [1.807, 2.05) is 18.1 Å². The highest BCUT2D eigenvalue weighted by atomic mass is 32.2. The number of nitrogens with zero attached hydrogens (tertiary/aromatic N) is 3. The van der Waals surface area contributed by atoms with E-state index in [0.29, 0.717) is 11.8 Å². The van der Waals surface area contributed by atoms with Crippen LogP contribution in [-0.4, -0.2) is 45.7 Å². The molecule has 0 aliphatic carbocycles. The first-order valence-corrected chi connectivity index (χ1v) is 7.30. The van der Waals surface area contributed by atoms with Gasteiger partial charge in [-0.25, -0.2) is 0 Å². The van der Waals surface area contributed by atoms with Crippen molar-refractivity contribution in [1.29, 1.82) is 0 Å². The van der Waals surface area contributed by atoms with E-state index in [1.54, 1.807) is 11.8 Å². The van der Waals surface area contributed by atoms with Gasteiger partial charge in [0.05, 0.1) is 17.5 Å². The third kappa shape index (κ3) is 2.65. The molecule has 1 atom stereocenters. The first kappa shape index (κ1) is 12.5. The fraction of sp³-hybridized carbons (Fsp3) is 0.667. The van der Waals surface area contributed by atoms with Crippen molar-refractivity contribution in [2.24, 2.45) is 0 Å². The van der Waals surface area contributed by atoms with Crippen molar-refractivity contribution in [3.63, 3.8) is 0 Å². The average Bonchev–Trinajstić information content (AvgIpc) is 2.85. The first-order chi connectivity index (χ1) is 8.11. The quantitative estimate of drug-likeness (QED) is 0.822. The molecule has 1 aromatic heterocycles. The zero-order chi connectivity index (χ0) is 12.4. The number of aromatic nitrogens is 2. The highest BCUT2D eigenvalue weighted by molar-refractivity contribution is 7.99. The number of hydrogen-bond donors (Lipinski definition) is 0. The zero-order valence-electron chi connectivity index (χ0n) is 10.6. The van der Waals surface area contributed by atoms with Gasteiger partial charge in [0.25, 0.3) is 0 Å². The Morgan fingerprint density at radius 3 is 2.94 bits per heavy atom. The molecule has 1 aromatic rings. The molecular formula is C12H19N3OS. The van der Waals surface area contributed by atoms with E-state index < -0.39 is 0 Å². The van der Waals surface area contributed by atoms with Crippen LogP contribution < -0.4 is 0 Å². The van der Waals surface area contributed by atoms with Crippen LogP contribution >= 0.6 is 11.8 Å². The Kier molecular flexibility index (Phi) is 3.76. The summed E-state index contributed by atoms with van der Waals surface area (Å²) in [6, 6.07) is 2.45. The lowest BCUT2D eigenvalue weighted by Crippen LogP contribution is -2.30. The summed E-state index contributed by atoms with van der Waals surface area (Å²) >= 11 is 1.59. The van der Waals surface area contributed by atoms with Crippen molar-refractivity contribution in [2.45, 2.75) is 26.3 Å². The van der Waals surface area contributed by atoms with Gasteiger partial charge in [-0.15, -0.1) is 0 Å². The molecule has 1 aliphatic heterocycles. The van der Waals surface area contributed by atoms with Crippen LogP contribution in [0.3, 0.4) is 0 Å². The Labute approximate surface area is 106 Å². The molecule has 1 amide bonds. The van der Waals surface area contributed by atoms with Crippen LogP contribution in [0.1, 0.15) is 23.9 Å². The molecule has 0 bridgehead atoms. The van der Waals surface area contributed by atoms with Crippen molar-refractivity contribution >= 4 is 17.7 Å². The zero-order valence-corrected chi connectivity index (χ0v) is 11.5. The molecule has 1 aliphatic rings. The smallest absolute Gasteiger partial charge is 0.232 e. The molecule has 17 heavy (non-hydrogen) atoms. The molecule has 2 heterocycles. The number of rotatable bonds is 3. The molecular weight excluding hydrogens is 234 g/mol. The minimum Gasteiger partial charge on any atom is -0.340 e. The summed E-state index contributed by atoms with van der Waals surface area (Å²) in [5.41, 5.74) is 2.24. The highest BCUT2D eigenvalue weighted by Crippen LogP contribution is 2.23. The van der Waals surface area contributed by atoms with E-state index >= 15 is 0 Å². The Morgan fingerprint density at radius 2 is 2.35 bits per heavy atom. The van der Waals surface area contributed by atoms with Gasteiger partial charge >= 0.3 is 0 Å². The predicted molar refractivity (Wildman–Crippen MR) is 70.3 cm³/mol. The van der Waals surface area contributed by atoms with Gasteiger partial charge in [0.2, 0.25) is 5.91 Å². The van der Waals surface area contributed by atoms with Gasteiger partial charge in [-0.3, -0.25) is 9.48 Å². The highest BCUT2D eigenvalue weighted by Gasteiger charge is 2.28. The van der Waals surface area contributed by atoms with Crippen molar-refractivity contribution in [2.75, 3.05) is 25.1 Å². The lowest BCUT2D eigenvalue weighted by molar-refractivity contribution is -0.127. The van der Waals surface area contributed by atoms with E-state index in [-0.39, 0.29) is 5.91 Å². The van der Waals surface area contributed by atoms with E-state index in [1.165, 1.54) is 5.69 Å². The van der Waals surface area contributed by atoms with Gasteiger partial charge in [0.15, 0.2) is 0 Å². The second-order valence-electron chi connectivity index (χ2n) is 4.59. The summed E-state index contributed by atoms with van der Waals surface area (Å²) in [5.74, 6) is 0.839. The molecule has 0 N–H and O–H groups in total. The minimum absolute atomic E-state index is 0.251. The molecule has 5 heteroatoms. The van der Waals surface area contributed by atoms with Crippen molar-refractivity contribution in [3.05, 3.63) is 17.5 Å². The maximum atomic E-state index is 11.8. The van der Waals surface area contributed by atoms with Crippen LogP contribution in [0.5, 0.6) is 0 Å². The van der Waals surface area contributed by atoms with E-state index in [4.69, 9.17) is 0 Å². The molecule has 94 valence electrons. The Hall–Kier alpha value is -0.970. The number of thioether (sulfide) groups is 1. The van der Waals surface area contributed by atoms with Gasteiger partial charge in [-0.1, -0.05) is 0 Å². The van der Waals surface area contributed by atoms with Gasteiger partial charge in [0.1, 0.15) is 0 Å². The third-order valence-corrected chi connectivity index (χ3v) is 3.71. The van der Waals surface area contributed by atoms with Crippen LogP contribution in [0.2, 0.25) is 0 Å². The molecule has 1 saturated heterocycles. The third-order valence-electron chi connectivity index (χ3n) is 3.17. The standard InChI is InChI=1S/C12H19N3OS/c1-9-6-10(2)15(13-9)11-4-5-14(7-11)12(16)8-17-3/h6,11H,4-5,7-8H2,1-3H3. The molecule has 0 spiro atoms. The summed E-state index contributed by atoms with van der Waals surface area (Å²) in [4.78, 5) is 13.7. The molecule has 0 saturated carbocycles.